The SMILES string of the molecule is Cc1cc2nc(-c3cccs3)cc(C(=O)N3CCC[C@@H](C)C3)c2cc1C. The maximum atomic E-state index is 13.4. The zero-order valence-corrected chi connectivity index (χ0v) is 16.4. The van der Waals surface area contributed by atoms with E-state index in [2.05, 4.69) is 44.4 Å². The van der Waals surface area contributed by atoms with E-state index in [-0.39, 0.29) is 5.91 Å². The van der Waals surface area contributed by atoms with Gasteiger partial charge >= 0.3 is 0 Å². The van der Waals surface area contributed by atoms with E-state index >= 15 is 0 Å². The predicted molar refractivity (Wildman–Crippen MR) is 109 cm³/mol. The molecule has 1 amide bonds. The van der Waals surface area contributed by atoms with Gasteiger partial charge in [-0.2, -0.15) is 0 Å². The first-order valence-corrected chi connectivity index (χ1v) is 10.2. The molecule has 1 fully saturated rings. The summed E-state index contributed by atoms with van der Waals surface area (Å²) in [4.78, 5) is 21.4. The molecule has 4 heteroatoms. The average molecular weight is 365 g/mol. The Morgan fingerprint density at radius 3 is 2.77 bits per heavy atom. The van der Waals surface area contributed by atoms with E-state index in [0.29, 0.717) is 5.92 Å². The van der Waals surface area contributed by atoms with Crippen LogP contribution < -0.4 is 0 Å². The molecule has 2 aromatic heterocycles. The van der Waals surface area contributed by atoms with Crippen LogP contribution in [-0.2, 0) is 0 Å². The van der Waals surface area contributed by atoms with Gasteiger partial charge in [0.05, 0.1) is 21.7 Å². The lowest BCUT2D eigenvalue weighted by molar-refractivity contribution is 0.0685. The Hall–Kier alpha value is -2.20. The first-order chi connectivity index (χ1) is 12.5. The average Bonchev–Trinajstić information content (AvgIpc) is 3.16. The summed E-state index contributed by atoms with van der Waals surface area (Å²) in [6, 6.07) is 10.3. The Kier molecular flexibility index (Phi) is 4.53. The van der Waals surface area contributed by atoms with Crippen molar-refractivity contribution in [3.05, 3.63) is 52.4 Å². The molecule has 1 atom stereocenters. The molecule has 0 bridgehead atoms. The lowest BCUT2D eigenvalue weighted by atomic mass is 9.97. The molecule has 1 aliphatic rings. The van der Waals surface area contributed by atoms with Crippen molar-refractivity contribution in [1.29, 1.82) is 0 Å². The van der Waals surface area contributed by atoms with Crippen molar-refractivity contribution in [2.75, 3.05) is 13.1 Å². The molecule has 1 saturated heterocycles. The number of pyridine rings is 1. The van der Waals surface area contributed by atoms with Gasteiger partial charge < -0.3 is 4.90 Å². The first-order valence-electron chi connectivity index (χ1n) is 9.28. The summed E-state index contributed by atoms with van der Waals surface area (Å²) < 4.78 is 0. The highest BCUT2D eigenvalue weighted by Gasteiger charge is 2.24. The number of benzene rings is 1. The molecule has 0 saturated carbocycles. The third kappa shape index (κ3) is 3.14. The van der Waals surface area contributed by atoms with Crippen LogP contribution in [0.3, 0.4) is 0 Å². The summed E-state index contributed by atoms with van der Waals surface area (Å²) in [5.74, 6) is 0.714. The van der Waals surface area contributed by atoms with E-state index in [9.17, 15) is 4.79 Å². The molecule has 0 spiro atoms. The monoisotopic (exact) mass is 364 g/mol. The number of hydrogen-bond donors (Lipinski definition) is 0. The van der Waals surface area contributed by atoms with Gasteiger partial charge in [-0.05, 0) is 73.4 Å². The zero-order chi connectivity index (χ0) is 18.3. The Morgan fingerprint density at radius 1 is 1.23 bits per heavy atom. The minimum absolute atomic E-state index is 0.144. The van der Waals surface area contributed by atoms with Gasteiger partial charge in [0, 0.05) is 18.5 Å². The summed E-state index contributed by atoms with van der Waals surface area (Å²) in [6.45, 7) is 8.13. The second-order valence-corrected chi connectivity index (χ2v) is 8.43. The molecule has 0 N–H and O–H groups in total. The number of rotatable bonds is 2. The van der Waals surface area contributed by atoms with Crippen LogP contribution >= 0.6 is 11.3 Å². The molecule has 3 heterocycles. The zero-order valence-electron chi connectivity index (χ0n) is 15.6. The summed E-state index contributed by atoms with van der Waals surface area (Å²) in [6.07, 6.45) is 2.30. The molecule has 3 nitrogen and oxygen atoms in total. The fraction of sp³-hybridized carbons (Fsp3) is 0.364. The molecule has 1 aliphatic heterocycles. The van der Waals surface area contributed by atoms with Gasteiger partial charge in [-0.15, -0.1) is 11.3 Å². The summed E-state index contributed by atoms with van der Waals surface area (Å²) >= 11 is 1.66. The highest BCUT2D eigenvalue weighted by atomic mass is 32.1. The molecule has 4 rings (SSSR count). The third-order valence-electron chi connectivity index (χ3n) is 5.37. The number of carbonyl (C=O) groups is 1. The van der Waals surface area contributed by atoms with E-state index in [1.165, 1.54) is 17.5 Å². The van der Waals surface area contributed by atoms with Crippen molar-refractivity contribution in [3.63, 3.8) is 0 Å². The van der Waals surface area contributed by atoms with Crippen LogP contribution in [0.15, 0.2) is 35.7 Å². The van der Waals surface area contributed by atoms with E-state index in [1.807, 2.05) is 17.0 Å². The quantitative estimate of drug-likeness (QED) is 0.605. The number of carbonyl (C=O) groups excluding carboxylic acids is 1. The van der Waals surface area contributed by atoms with Crippen LogP contribution in [0.25, 0.3) is 21.5 Å². The highest BCUT2D eigenvalue weighted by Crippen LogP contribution is 2.30. The number of nitrogens with zero attached hydrogens (tertiary/aromatic N) is 2. The number of likely N-dealkylation sites (tertiary alicyclic amines) is 1. The third-order valence-corrected chi connectivity index (χ3v) is 6.26. The number of piperidine rings is 1. The van der Waals surface area contributed by atoms with Crippen LogP contribution in [0.1, 0.15) is 41.3 Å². The lowest BCUT2D eigenvalue weighted by Gasteiger charge is -2.31. The number of amides is 1. The molecule has 0 radical (unpaired) electrons. The smallest absolute Gasteiger partial charge is 0.254 e. The van der Waals surface area contributed by atoms with Crippen LogP contribution in [-0.4, -0.2) is 28.9 Å². The summed E-state index contributed by atoms with van der Waals surface area (Å²) in [5, 5.41) is 3.02. The van der Waals surface area contributed by atoms with Gasteiger partial charge in [0.25, 0.3) is 5.91 Å². The predicted octanol–water partition coefficient (Wildman–Crippen LogP) is 5.45. The van der Waals surface area contributed by atoms with Gasteiger partial charge in [-0.25, -0.2) is 4.98 Å². The van der Waals surface area contributed by atoms with Crippen molar-refractivity contribution in [1.82, 2.24) is 9.88 Å². The molecule has 0 unspecified atom stereocenters. The Morgan fingerprint density at radius 2 is 2.04 bits per heavy atom. The van der Waals surface area contributed by atoms with E-state index in [4.69, 9.17) is 4.98 Å². The molecular formula is C22H24N2OS. The maximum Gasteiger partial charge on any atom is 0.254 e. The Bertz CT molecular complexity index is 962. The topological polar surface area (TPSA) is 33.2 Å². The molecule has 1 aromatic carbocycles. The van der Waals surface area contributed by atoms with Crippen LogP contribution in [0, 0.1) is 19.8 Å². The molecule has 26 heavy (non-hydrogen) atoms. The second kappa shape index (κ2) is 6.84. The van der Waals surface area contributed by atoms with Gasteiger partial charge in [-0.1, -0.05) is 13.0 Å². The van der Waals surface area contributed by atoms with Crippen molar-refractivity contribution < 1.29 is 4.79 Å². The van der Waals surface area contributed by atoms with Crippen LogP contribution in [0.5, 0.6) is 0 Å². The molecule has 0 aliphatic carbocycles. The van der Waals surface area contributed by atoms with E-state index < -0.39 is 0 Å². The van der Waals surface area contributed by atoms with Crippen LogP contribution in [0.2, 0.25) is 0 Å². The highest BCUT2D eigenvalue weighted by molar-refractivity contribution is 7.13. The normalized spacial score (nSPS) is 17.7. The largest absolute Gasteiger partial charge is 0.338 e. The number of fused-ring (bicyclic) bond motifs is 1. The number of hydrogen-bond acceptors (Lipinski definition) is 3. The van der Waals surface area contributed by atoms with E-state index in [0.717, 1.165) is 46.5 Å². The number of thiophene rings is 1. The Labute approximate surface area is 158 Å². The van der Waals surface area contributed by atoms with Gasteiger partial charge in [0.2, 0.25) is 0 Å². The molecule has 134 valence electrons. The minimum atomic E-state index is 0.144. The van der Waals surface area contributed by atoms with Gasteiger partial charge in [-0.3, -0.25) is 4.79 Å². The van der Waals surface area contributed by atoms with E-state index in [1.54, 1.807) is 11.3 Å². The number of aryl methyl sites for hydroxylation is 2. The van der Waals surface area contributed by atoms with Crippen LogP contribution in [0.4, 0.5) is 0 Å². The number of aromatic nitrogens is 1. The van der Waals surface area contributed by atoms with Crippen molar-refractivity contribution in [3.8, 4) is 10.6 Å². The Balaban J connectivity index is 1.88. The minimum Gasteiger partial charge on any atom is -0.338 e. The lowest BCUT2D eigenvalue weighted by Crippen LogP contribution is -2.39. The standard InChI is InChI=1S/C22H24N2OS/c1-14-6-4-8-24(13-14)22(25)18-12-20(21-7-5-9-26-21)23-19-11-16(3)15(2)10-17(18)19/h5,7,9-12,14H,4,6,8,13H2,1-3H3/t14-/m1/s1. The summed E-state index contributed by atoms with van der Waals surface area (Å²) in [7, 11) is 0. The fourth-order valence-corrected chi connectivity index (χ4v) is 4.44. The van der Waals surface area contributed by atoms with Gasteiger partial charge in [0.1, 0.15) is 0 Å². The van der Waals surface area contributed by atoms with Gasteiger partial charge in [0.15, 0.2) is 0 Å². The second-order valence-electron chi connectivity index (χ2n) is 7.48. The molecule has 3 aromatic rings. The summed E-state index contributed by atoms with van der Waals surface area (Å²) in [5.41, 5.74) is 5.00. The fourth-order valence-electron chi connectivity index (χ4n) is 3.76. The van der Waals surface area contributed by atoms with Crippen molar-refractivity contribution in [2.45, 2.75) is 33.6 Å². The van der Waals surface area contributed by atoms with Crippen molar-refractivity contribution in [2.24, 2.45) is 5.92 Å². The first kappa shape index (κ1) is 17.2. The van der Waals surface area contributed by atoms with Crippen molar-refractivity contribution >= 4 is 28.1 Å². The molecular weight excluding hydrogens is 340 g/mol. The maximum absolute atomic E-state index is 13.4.